The van der Waals surface area contributed by atoms with Gasteiger partial charge in [0.25, 0.3) is 5.91 Å². The number of morpholine rings is 1. The minimum Gasteiger partial charge on any atom is -0.379 e. The number of ether oxygens (including phenoxy) is 1. The smallest absolute Gasteiger partial charge is 0.379 e. The molecule has 0 radical (unpaired) electrons. The normalized spacial score (nSPS) is 15.4. The van der Waals surface area contributed by atoms with Crippen LogP contribution in [0.4, 0.5) is 26.3 Å². The van der Waals surface area contributed by atoms with Gasteiger partial charge in [-0.2, -0.15) is 26.3 Å². The summed E-state index contributed by atoms with van der Waals surface area (Å²) in [5.41, 5.74) is -3.21. The van der Waals surface area contributed by atoms with Crippen LogP contribution in [0.15, 0.2) is 42.5 Å². The van der Waals surface area contributed by atoms with Crippen LogP contribution in [0, 0.1) is 0 Å². The molecule has 0 atom stereocenters. The number of rotatable bonds is 7. The summed E-state index contributed by atoms with van der Waals surface area (Å²) in [6.07, 6.45) is -9.61. The second kappa shape index (κ2) is 11.0. The molecule has 1 aliphatic rings. The summed E-state index contributed by atoms with van der Waals surface area (Å²) in [6, 6.07) is 7.53. The lowest BCUT2D eigenvalue weighted by molar-refractivity contribution is -0.143. The minimum absolute atomic E-state index is 0.00755. The molecule has 2 aromatic carbocycles. The highest BCUT2D eigenvalue weighted by atomic mass is 35.5. The summed E-state index contributed by atoms with van der Waals surface area (Å²) in [4.78, 5) is 16.6. The molecule has 0 N–H and O–H groups in total. The third-order valence-corrected chi connectivity index (χ3v) is 5.82. The number of hydrogen-bond acceptors (Lipinski definition) is 3. The molecule has 0 spiro atoms. The van der Waals surface area contributed by atoms with E-state index in [0.29, 0.717) is 62.0 Å². The number of carbonyl (C=O) groups excluding carboxylic acids is 1. The number of halogens is 7. The van der Waals surface area contributed by atoms with Crippen molar-refractivity contribution in [2.75, 3.05) is 39.4 Å². The Morgan fingerprint density at radius 2 is 1.56 bits per heavy atom. The first kappa shape index (κ1) is 26.3. The van der Waals surface area contributed by atoms with E-state index in [1.54, 1.807) is 24.3 Å². The second-order valence-electron chi connectivity index (χ2n) is 7.92. The van der Waals surface area contributed by atoms with Crippen molar-refractivity contribution in [2.45, 2.75) is 25.3 Å². The Labute approximate surface area is 198 Å². The minimum atomic E-state index is -5.04. The first-order chi connectivity index (χ1) is 15.9. The SMILES string of the molecule is O=C(c1cc(C(F)(F)F)cc(C(F)(F)F)c1)N(CCCN1CCOCC1)Cc1ccccc1Cl. The maximum atomic E-state index is 13.3. The monoisotopic (exact) mass is 508 g/mol. The largest absolute Gasteiger partial charge is 0.416 e. The van der Waals surface area contributed by atoms with Gasteiger partial charge < -0.3 is 9.64 Å². The molecule has 4 nitrogen and oxygen atoms in total. The summed E-state index contributed by atoms with van der Waals surface area (Å²) in [7, 11) is 0. The van der Waals surface area contributed by atoms with Crippen molar-refractivity contribution in [2.24, 2.45) is 0 Å². The average Bonchev–Trinajstić information content (AvgIpc) is 2.78. The standard InChI is InChI=1S/C23H23ClF6N2O2/c24-20-5-2-1-4-16(20)15-32(7-3-6-31-8-10-34-11-9-31)21(33)17-12-18(22(25,26)27)14-19(13-17)23(28,29)30/h1-2,4-5,12-14H,3,6-11,15H2. The molecule has 1 fully saturated rings. The quantitative estimate of drug-likeness (QED) is 0.447. The molecule has 3 rings (SSSR count). The van der Waals surface area contributed by atoms with E-state index in [0.717, 1.165) is 0 Å². The molecule has 1 saturated heterocycles. The average molecular weight is 509 g/mol. The second-order valence-corrected chi connectivity index (χ2v) is 8.33. The first-order valence-corrected chi connectivity index (χ1v) is 11.0. The zero-order valence-electron chi connectivity index (χ0n) is 18.1. The predicted octanol–water partition coefficient (Wildman–Crippen LogP) is 5.74. The number of carbonyl (C=O) groups is 1. The predicted molar refractivity (Wildman–Crippen MR) is 115 cm³/mol. The summed E-state index contributed by atoms with van der Waals surface area (Å²) in [6.45, 7) is 3.24. The molecule has 34 heavy (non-hydrogen) atoms. The Balaban J connectivity index is 1.89. The maximum Gasteiger partial charge on any atom is 0.416 e. The van der Waals surface area contributed by atoms with Crippen molar-refractivity contribution >= 4 is 17.5 Å². The molecule has 11 heteroatoms. The summed E-state index contributed by atoms with van der Waals surface area (Å²) in [5, 5.41) is 0.341. The lowest BCUT2D eigenvalue weighted by Gasteiger charge is -2.29. The van der Waals surface area contributed by atoms with Gasteiger partial charge in [0.1, 0.15) is 0 Å². The molecular formula is C23H23ClF6N2O2. The fraction of sp³-hybridized carbons (Fsp3) is 0.435. The van der Waals surface area contributed by atoms with Gasteiger partial charge in [-0.15, -0.1) is 0 Å². The fourth-order valence-corrected chi connectivity index (χ4v) is 3.85. The Morgan fingerprint density at radius 1 is 0.971 bits per heavy atom. The number of benzene rings is 2. The Bertz CT molecular complexity index is 958. The lowest BCUT2D eigenvalue weighted by Crippen LogP contribution is -2.39. The molecule has 186 valence electrons. The van der Waals surface area contributed by atoms with E-state index in [4.69, 9.17) is 16.3 Å². The van der Waals surface area contributed by atoms with E-state index in [1.807, 2.05) is 0 Å². The van der Waals surface area contributed by atoms with E-state index in [2.05, 4.69) is 4.90 Å². The van der Waals surface area contributed by atoms with Crippen molar-refractivity contribution in [3.05, 3.63) is 69.7 Å². The van der Waals surface area contributed by atoms with Crippen LogP contribution in [-0.2, 0) is 23.6 Å². The van der Waals surface area contributed by atoms with Crippen LogP contribution in [-0.4, -0.2) is 55.1 Å². The zero-order chi connectivity index (χ0) is 24.9. The molecule has 0 unspecified atom stereocenters. The van der Waals surface area contributed by atoms with Crippen molar-refractivity contribution in [1.82, 2.24) is 9.80 Å². The number of alkyl halides is 6. The Kier molecular flexibility index (Phi) is 8.48. The van der Waals surface area contributed by atoms with Crippen LogP contribution in [0.3, 0.4) is 0 Å². The van der Waals surface area contributed by atoms with Gasteiger partial charge in [-0.25, -0.2) is 0 Å². The van der Waals surface area contributed by atoms with Crippen molar-refractivity contribution in [3.63, 3.8) is 0 Å². The van der Waals surface area contributed by atoms with Crippen LogP contribution in [0.2, 0.25) is 5.02 Å². The number of nitrogens with zero attached hydrogens (tertiary/aromatic N) is 2. The van der Waals surface area contributed by atoms with Crippen molar-refractivity contribution in [3.8, 4) is 0 Å². The third-order valence-electron chi connectivity index (χ3n) is 5.45. The van der Waals surface area contributed by atoms with E-state index in [9.17, 15) is 31.1 Å². The molecule has 1 aliphatic heterocycles. The van der Waals surface area contributed by atoms with Gasteiger partial charge >= 0.3 is 12.4 Å². The van der Waals surface area contributed by atoms with Gasteiger partial charge in [0.05, 0.1) is 24.3 Å². The molecule has 1 amide bonds. The molecule has 2 aromatic rings. The van der Waals surface area contributed by atoms with Crippen LogP contribution in [0.1, 0.15) is 33.5 Å². The summed E-state index contributed by atoms with van der Waals surface area (Å²) >= 11 is 6.19. The van der Waals surface area contributed by atoms with Gasteiger partial charge in [0.2, 0.25) is 0 Å². The number of amides is 1. The highest BCUT2D eigenvalue weighted by molar-refractivity contribution is 6.31. The molecule has 0 saturated carbocycles. The fourth-order valence-electron chi connectivity index (χ4n) is 3.66. The van der Waals surface area contributed by atoms with E-state index >= 15 is 0 Å². The van der Waals surface area contributed by atoms with E-state index in [-0.39, 0.29) is 19.2 Å². The summed E-state index contributed by atoms with van der Waals surface area (Å²) in [5.74, 6) is -0.932. The highest BCUT2D eigenvalue weighted by Crippen LogP contribution is 2.36. The van der Waals surface area contributed by atoms with Crippen LogP contribution >= 0.6 is 11.6 Å². The van der Waals surface area contributed by atoms with Gasteiger partial charge in [-0.05, 0) is 36.2 Å². The third kappa shape index (κ3) is 7.10. The maximum absolute atomic E-state index is 13.3. The lowest BCUT2D eigenvalue weighted by atomic mass is 10.0. The van der Waals surface area contributed by atoms with Gasteiger partial charge in [0, 0.05) is 43.3 Å². The van der Waals surface area contributed by atoms with Crippen molar-refractivity contribution < 1.29 is 35.9 Å². The van der Waals surface area contributed by atoms with Gasteiger partial charge in [-0.3, -0.25) is 9.69 Å². The summed E-state index contributed by atoms with van der Waals surface area (Å²) < 4.78 is 85.0. The molecular weight excluding hydrogens is 486 g/mol. The molecule has 1 heterocycles. The Hall–Kier alpha value is -2.30. The van der Waals surface area contributed by atoms with Crippen LogP contribution in [0.25, 0.3) is 0 Å². The van der Waals surface area contributed by atoms with E-state index < -0.39 is 35.0 Å². The first-order valence-electron chi connectivity index (χ1n) is 10.6. The van der Waals surface area contributed by atoms with Crippen LogP contribution < -0.4 is 0 Å². The van der Waals surface area contributed by atoms with Gasteiger partial charge in [-0.1, -0.05) is 29.8 Å². The zero-order valence-corrected chi connectivity index (χ0v) is 18.8. The molecule has 0 bridgehead atoms. The van der Waals surface area contributed by atoms with E-state index in [1.165, 1.54) is 4.90 Å². The molecule has 0 aromatic heterocycles. The van der Waals surface area contributed by atoms with Gasteiger partial charge in [0.15, 0.2) is 0 Å². The molecule has 0 aliphatic carbocycles. The van der Waals surface area contributed by atoms with Crippen LogP contribution in [0.5, 0.6) is 0 Å². The topological polar surface area (TPSA) is 32.8 Å². The van der Waals surface area contributed by atoms with Crippen molar-refractivity contribution in [1.29, 1.82) is 0 Å². The Morgan fingerprint density at radius 3 is 2.12 bits per heavy atom. The number of hydrogen-bond donors (Lipinski definition) is 0. The highest BCUT2D eigenvalue weighted by Gasteiger charge is 2.38.